The van der Waals surface area contributed by atoms with Gasteiger partial charge in [-0.25, -0.2) is 0 Å². The summed E-state index contributed by atoms with van der Waals surface area (Å²) >= 11 is 0. The quantitative estimate of drug-likeness (QED) is 0.277. The molecule has 154 valence electrons. The SMILES string of the molecule is CN=C(NCCc1c[nH]c2cc(C)ccc12)Nc1ccc2c(c1)OCCCO2.I. The van der Waals surface area contributed by atoms with E-state index in [-0.39, 0.29) is 24.0 Å². The summed E-state index contributed by atoms with van der Waals surface area (Å²) in [5.41, 5.74) is 4.66. The van der Waals surface area contributed by atoms with Crippen LogP contribution >= 0.6 is 24.0 Å². The average molecular weight is 506 g/mol. The lowest BCUT2D eigenvalue weighted by Crippen LogP contribution is -2.32. The number of hydrogen-bond donors (Lipinski definition) is 3. The van der Waals surface area contributed by atoms with E-state index in [9.17, 15) is 0 Å². The van der Waals surface area contributed by atoms with Gasteiger partial charge in [0.05, 0.1) is 13.2 Å². The van der Waals surface area contributed by atoms with Crippen LogP contribution in [0.4, 0.5) is 5.69 Å². The molecule has 2 aromatic carbocycles. The highest BCUT2D eigenvalue weighted by atomic mass is 127. The lowest BCUT2D eigenvalue weighted by atomic mass is 10.1. The highest BCUT2D eigenvalue weighted by molar-refractivity contribution is 14.0. The number of ether oxygens (including phenoxy) is 2. The van der Waals surface area contributed by atoms with Gasteiger partial charge >= 0.3 is 0 Å². The molecule has 1 aromatic heterocycles. The minimum absolute atomic E-state index is 0. The second-order valence-electron chi connectivity index (χ2n) is 6.95. The number of nitrogens with one attached hydrogen (secondary N) is 3. The molecule has 0 fully saturated rings. The highest BCUT2D eigenvalue weighted by Gasteiger charge is 2.11. The van der Waals surface area contributed by atoms with E-state index in [0.29, 0.717) is 13.2 Å². The van der Waals surface area contributed by atoms with Gasteiger partial charge in [0.1, 0.15) is 0 Å². The molecular formula is C22H27IN4O2. The predicted octanol–water partition coefficient (Wildman–Crippen LogP) is 4.49. The second kappa shape index (κ2) is 9.87. The first-order chi connectivity index (χ1) is 13.7. The Morgan fingerprint density at radius 1 is 1.10 bits per heavy atom. The minimum atomic E-state index is 0. The lowest BCUT2D eigenvalue weighted by Gasteiger charge is -2.14. The number of rotatable bonds is 4. The highest BCUT2D eigenvalue weighted by Crippen LogP contribution is 2.32. The molecule has 1 aliphatic heterocycles. The molecule has 0 spiro atoms. The van der Waals surface area contributed by atoms with Crippen LogP contribution in [-0.4, -0.2) is 37.7 Å². The molecule has 6 nitrogen and oxygen atoms in total. The van der Waals surface area contributed by atoms with Crippen LogP contribution in [0.1, 0.15) is 17.5 Å². The summed E-state index contributed by atoms with van der Waals surface area (Å²) in [6, 6.07) is 12.4. The maximum atomic E-state index is 5.75. The van der Waals surface area contributed by atoms with Crippen molar-refractivity contribution in [2.24, 2.45) is 4.99 Å². The van der Waals surface area contributed by atoms with Crippen molar-refractivity contribution in [3.8, 4) is 11.5 Å². The molecule has 0 aliphatic carbocycles. The van der Waals surface area contributed by atoms with Crippen LogP contribution < -0.4 is 20.1 Å². The van der Waals surface area contributed by atoms with Crippen molar-refractivity contribution in [3.05, 3.63) is 53.7 Å². The first kappa shape index (κ1) is 21.3. The van der Waals surface area contributed by atoms with Crippen LogP contribution in [0.2, 0.25) is 0 Å². The van der Waals surface area contributed by atoms with Crippen molar-refractivity contribution in [3.63, 3.8) is 0 Å². The van der Waals surface area contributed by atoms with Gasteiger partial charge in [-0.3, -0.25) is 4.99 Å². The summed E-state index contributed by atoms with van der Waals surface area (Å²) in [7, 11) is 1.77. The zero-order chi connectivity index (χ0) is 19.3. The van der Waals surface area contributed by atoms with Crippen LogP contribution in [0.15, 0.2) is 47.6 Å². The number of anilines is 1. The number of fused-ring (bicyclic) bond motifs is 2. The van der Waals surface area contributed by atoms with Crippen LogP contribution in [-0.2, 0) is 6.42 Å². The Kier molecular flexibility index (Phi) is 7.24. The van der Waals surface area contributed by atoms with Crippen molar-refractivity contribution in [2.45, 2.75) is 19.8 Å². The van der Waals surface area contributed by atoms with E-state index in [0.717, 1.165) is 42.5 Å². The number of H-pyrrole nitrogens is 1. The Hall–Kier alpha value is -2.42. The minimum Gasteiger partial charge on any atom is -0.490 e. The van der Waals surface area contributed by atoms with Crippen molar-refractivity contribution in [2.75, 3.05) is 32.1 Å². The topological polar surface area (TPSA) is 70.7 Å². The fourth-order valence-corrected chi connectivity index (χ4v) is 3.38. The van der Waals surface area contributed by atoms with Crippen molar-refractivity contribution < 1.29 is 9.47 Å². The van der Waals surface area contributed by atoms with E-state index in [1.807, 2.05) is 18.2 Å². The van der Waals surface area contributed by atoms with E-state index < -0.39 is 0 Å². The standard InChI is InChI=1S/C22H26N4O2.HI/c1-15-4-6-18-16(14-25-19(18)12-15)8-9-24-22(23-2)26-17-5-7-20-21(13-17)28-11-3-10-27-20;/h4-7,12-14,25H,3,8-11H2,1-2H3,(H2,23,24,26);1H. The van der Waals surface area contributed by atoms with Gasteiger partial charge in [-0.15, -0.1) is 24.0 Å². The largest absolute Gasteiger partial charge is 0.490 e. The van der Waals surface area contributed by atoms with Gasteiger partial charge in [0.25, 0.3) is 0 Å². The van der Waals surface area contributed by atoms with Gasteiger partial charge in [0.15, 0.2) is 17.5 Å². The van der Waals surface area contributed by atoms with Crippen molar-refractivity contribution in [1.82, 2.24) is 10.3 Å². The van der Waals surface area contributed by atoms with Gasteiger partial charge < -0.3 is 25.1 Å². The zero-order valence-corrected chi connectivity index (χ0v) is 19.1. The summed E-state index contributed by atoms with van der Waals surface area (Å²) < 4.78 is 11.4. The van der Waals surface area contributed by atoms with Gasteiger partial charge in [-0.1, -0.05) is 12.1 Å². The molecule has 4 rings (SSSR count). The van der Waals surface area contributed by atoms with Gasteiger partial charge in [0, 0.05) is 48.9 Å². The van der Waals surface area contributed by atoms with Crippen LogP contribution in [0.25, 0.3) is 10.9 Å². The number of aromatic nitrogens is 1. The maximum absolute atomic E-state index is 5.75. The number of hydrogen-bond acceptors (Lipinski definition) is 3. The van der Waals surface area contributed by atoms with Crippen LogP contribution in [0.5, 0.6) is 11.5 Å². The third-order valence-electron chi connectivity index (χ3n) is 4.84. The molecule has 3 N–H and O–H groups in total. The molecule has 0 amide bonds. The lowest BCUT2D eigenvalue weighted by molar-refractivity contribution is 0.297. The summed E-state index contributed by atoms with van der Waals surface area (Å²) in [6.45, 7) is 4.26. The third-order valence-corrected chi connectivity index (χ3v) is 4.84. The van der Waals surface area contributed by atoms with Gasteiger partial charge in [-0.2, -0.15) is 0 Å². The molecule has 0 saturated carbocycles. The van der Waals surface area contributed by atoms with Crippen LogP contribution in [0, 0.1) is 6.92 Å². The molecule has 3 aromatic rings. The number of benzene rings is 2. The summed E-state index contributed by atoms with van der Waals surface area (Å²) in [6.07, 6.45) is 3.89. The molecule has 0 unspecified atom stereocenters. The van der Waals surface area contributed by atoms with Gasteiger partial charge in [-0.05, 0) is 42.7 Å². The molecule has 0 saturated heterocycles. The number of nitrogens with zero attached hydrogens (tertiary/aromatic N) is 1. The van der Waals surface area contributed by atoms with E-state index in [1.165, 1.54) is 22.0 Å². The monoisotopic (exact) mass is 506 g/mol. The molecule has 7 heteroatoms. The van der Waals surface area contributed by atoms with E-state index in [2.05, 4.69) is 51.9 Å². The molecule has 29 heavy (non-hydrogen) atoms. The second-order valence-corrected chi connectivity index (χ2v) is 6.95. The first-order valence-corrected chi connectivity index (χ1v) is 9.67. The van der Waals surface area contributed by atoms with E-state index >= 15 is 0 Å². The fraction of sp³-hybridized carbons (Fsp3) is 0.318. The zero-order valence-electron chi connectivity index (χ0n) is 16.7. The van der Waals surface area contributed by atoms with Crippen molar-refractivity contribution >= 4 is 46.5 Å². The summed E-state index contributed by atoms with van der Waals surface area (Å²) in [4.78, 5) is 7.68. The van der Waals surface area contributed by atoms with Crippen molar-refractivity contribution in [1.29, 1.82) is 0 Å². The number of guanidine groups is 1. The molecule has 1 aliphatic rings. The number of aliphatic imine (C=N–C) groups is 1. The number of halogens is 1. The summed E-state index contributed by atoms with van der Waals surface area (Å²) in [5.74, 6) is 2.29. The predicted molar refractivity (Wildman–Crippen MR) is 129 cm³/mol. The Morgan fingerprint density at radius 3 is 2.76 bits per heavy atom. The first-order valence-electron chi connectivity index (χ1n) is 9.67. The average Bonchev–Trinajstić information content (AvgIpc) is 2.94. The fourth-order valence-electron chi connectivity index (χ4n) is 3.38. The molecule has 0 atom stereocenters. The molecule has 0 radical (unpaired) electrons. The van der Waals surface area contributed by atoms with E-state index in [4.69, 9.17) is 9.47 Å². The van der Waals surface area contributed by atoms with Gasteiger partial charge in [0.2, 0.25) is 0 Å². The normalized spacial score (nSPS) is 13.5. The number of aryl methyl sites for hydroxylation is 1. The Bertz CT molecular complexity index is 1000. The molecular weight excluding hydrogens is 479 g/mol. The molecule has 0 bridgehead atoms. The number of aromatic amines is 1. The maximum Gasteiger partial charge on any atom is 0.195 e. The molecule has 2 heterocycles. The smallest absolute Gasteiger partial charge is 0.195 e. The third kappa shape index (κ3) is 5.14. The Morgan fingerprint density at radius 2 is 1.93 bits per heavy atom. The Labute approximate surface area is 188 Å². The van der Waals surface area contributed by atoms with Crippen LogP contribution in [0.3, 0.4) is 0 Å². The summed E-state index contributed by atoms with van der Waals surface area (Å²) in [5, 5.41) is 7.97. The van der Waals surface area contributed by atoms with E-state index in [1.54, 1.807) is 7.05 Å². The Balaban J connectivity index is 0.00000240.